The van der Waals surface area contributed by atoms with Gasteiger partial charge >= 0.3 is 0 Å². The summed E-state index contributed by atoms with van der Waals surface area (Å²) in [6, 6.07) is 9.13. The van der Waals surface area contributed by atoms with Gasteiger partial charge in [-0.2, -0.15) is 5.26 Å². The van der Waals surface area contributed by atoms with Crippen LogP contribution >= 0.6 is 11.6 Å². The van der Waals surface area contributed by atoms with Crippen LogP contribution in [0.25, 0.3) is 0 Å². The zero-order valence-electron chi connectivity index (χ0n) is 9.03. The lowest BCUT2D eigenvalue weighted by Gasteiger charge is -2.13. The fraction of sp³-hybridized carbons (Fsp3) is 0.333. The first-order valence-electron chi connectivity index (χ1n) is 5.02. The largest absolute Gasteiger partial charge is 0.350 e. The smallest absolute Gasteiger partial charge is 0.221 e. The molecule has 1 rings (SSSR count). The van der Waals surface area contributed by atoms with Crippen molar-refractivity contribution in [3.05, 3.63) is 35.4 Å². The summed E-state index contributed by atoms with van der Waals surface area (Å²) in [5.41, 5.74) is 1.59. The number of nitrogens with zero attached hydrogens (tertiary/aromatic N) is 1. The van der Waals surface area contributed by atoms with Crippen LogP contribution in [0.15, 0.2) is 24.3 Å². The van der Waals surface area contributed by atoms with Crippen molar-refractivity contribution in [1.82, 2.24) is 5.32 Å². The normalized spacial score (nSPS) is 11.6. The van der Waals surface area contributed by atoms with Gasteiger partial charge in [-0.25, -0.2) is 0 Å². The molecule has 1 N–H and O–H groups in total. The Morgan fingerprint density at radius 1 is 1.50 bits per heavy atom. The summed E-state index contributed by atoms with van der Waals surface area (Å²) in [5.74, 6) is 0.262. The summed E-state index contributed by atoms with van der Waals surface area (Å²) in [4.78, 5) is 11.3. The standard InChI is InChI=1S/C12H13ClN2O/c1-9(15-12(16)6-7-13)11-4-2-10(8-14)3-5-11/h2-5,9H,6-7H2,1H3,(H,15,16). The maximum absolute atomic E-state index is 11.3. The number of nitriles is 1. The summed E-state index contributed by atoms with van der Waals surface area (Å²) in [7, 11) is 0. The predicted octanol–water partition coefficient (Wildman–Crippen LogP) is 2.36. The van der Waals surface area contributed by atoms with Crippen molar-refractivity contribution in [2.24, 2.45) is 0 Å². The van der Waals surface area contributed by atoms with Gasteiger partial charge in [0.15, 0.2) is 0 Å². The Morgan fingerprint density at radius 2 is 2.12 bits per heavy atom. The van der Waals surface area contributed by atoms with E-state index in [-0.39, 0.29) is 11.9 Å². The molecule has 0 aliphatic rings. The van der Waals surface area contributed by atoms with Crippen LogP contribution in [-0.4, -0.2) is 11.8 Å². The molecule has 0 radical (unpaired) electrons. The Balaban J connectivity index is 2.63. The minimum Gasteiger partial charge on any atom is -0.350 e. The average Bonchev–Trinajstić information content (AvgIpc) is 2.29. The minimum absolute atomic E-state index is 0.0631. The number of alkyl halides is 1. The van der Waals surface area contributed by atoms with Gasteiger partial charge in [0.1, 0.15) is 0 Å². The molecule has 16 heavy (non-hydrogen) atoms. The van der Waals surface area contributed by atoms with Crippen LogP contribution in [0.2, 0.25) is 0 Å². The second-order valence-corrected chi connectivity index (χ2v) is 3.84. The molecule has 3 nitrogen and oxygen atoms in total. The molecule has 1 aromatic carbocycles. The zero-order chi connectivity index (χ0) is 12.0. The second-order valence-electron chi connectivity index (χ2n) is 3.46. The third-order valence-electron chi connectivity index (χ3n) is 2.24. The van der Waals surface area contributed by atoms with E-state index >= 15 is 0 Å². The lowest BCUT2D eigenvalue weighted by molar-refractivity contribution is -0.121. The second kappa shape index (κ2) is 6.14. The third-order valence-corrected chi connectivity index (χ3v) is 2.43. The number of hydrogen-bond acceptors (Lipinski definition) is 2. The zero-order valence-corrected chi connectivity index (χ0v) is 9.79. The summed E-state index contributed by atoms with van der Waals surface area (Å²) in [6.07, 6.45) is 0.322. The first-order valence-corrected chi connectivity index (χ1v) is 5.56. The molecule has 0 aliphatic carbocycles. The minimum atomic E-state index is -0.0662. The molecule has 0 saturated carbocycles. The van der Waals surface area contributed by atoms with Gasteiger partial charge in [-0.3, -0.25) is 4.79 Å². The molecule has 0 heterocycles. The van der Waals surface area contributed by atoms with E-state index in [4.69, 9.17) is 16.9 Å². The van der Waals surface area contributed by atoms with Crippen molar-refractivity contribution in [2.75, 3.05) is 5.88 Å². The van der Waals surface area contributed by atoms with Crippen LogP contribution in [0.3, 0.4) is 0 Å². The van der Waals surface area contributed by atoms with Gasteiger partial charge in [0, 0.05) is 12.3 Å². The number of rotatable bonds is 4. The summed E-state index contributed by atoms with van der Waals surface area (Å²) < 4.78 is 0. The van der Waals surface area contributed by atoms with E-state index in [1.165, 1.54) is 0 Å². The Hall–Kier alpha value is -1.53. The van der Waals surface area contributed by atoms with Crippen molar-refractivity contribution in [2.45, 2.75) is 19.4 Å². The van der Waals surface area contributed by atoms with Gasteiger partial charge in [0.2, 0.25) is 5.91 Å². The van der Waals surface area contributed by atoms with Gasteiger partial charge < -0.3 is 5.32 Å². The molecule has 0 bridgehead atoms. The number of benzene rings is 1. The van der Waals surface area contributed by atoms with Crippen LogP contribution < -0.4 is 5.32 Å². The molecule has 0 aliphatic heterocycles. The Labute approximate surface area is 100 Å². The molecular formula is C12H13ClN2O. The highest BCUT2D eigenvalue weighted by molar-refractivity contribution is 6.18. The molecule has 1 atom stereocenters. The maximum Gasteiger partial charge on any atom is 0.221 e. The number of carbonyl (C=O) groups is 1. The van der Waals surface area contributed by atoms with E-state index in [2.05, 4.69) is 5.32 Å². The Morgan fingerprint density at radius 3 is 2.62 bits per heavy atom. The average molecular weight is 237 g/mol. The Bertz CT molecular complexity index is 394. The van der Waals surface area contributed by atoms with Gasteiger partial charge in [0.25, 0.3) is 0 Å². The maximum atomic E-state index is 11.3. The molecule has 4 heteroatoms. The molecule has 1 amide bonds. The highest BCUT2D eigenvalue weighted by Gasteiger charge is 2.08. The van der Waals surface area contributed by atoms with Gasteiger partial charge in [-0.15, -0.1) is 11.6 Å². The van der Waals surface area contributed by atoms with Crippen LogP contribution in [-0.2, 0) is 4.79 Å². The summed E-state index contributed by atoms with van der Waals surface area (Å²) in [5, 5.41) is 11.5. The molecule has 0 saturated heterocycles. The van der Waals surface area contributed by atoms with E-state index in [0.29, 0.717) is 17.9 Å². The molecular weight excluding hydrogens is 224 g/mol. The molecule has 0 aromatic heterocycles. The van der Waals surface area contributed by atoms with E-state index in [1.807, 2.05) is 25.1 Å². The van der Waals surface area contributed by atoms with Gasteiger partial charge in [0.05, 0.1) is 17.7 Å². The van der Waals surface area contributed by atoms with E-state index in [1.54, 1.807) is 12.1 Å². The van der Waals surface area contributed by atoms with Crippen molar-refractivity contribution in [3.63, 3.8) is 0 Å². The van der Waals surface area contributed by atoms with Crippen LogP contribution in [0.4, 0.5) is 0 Å². The number of amides is 1. The molecule has 84 valence electrons. The fourth-order valence-corrected chi connectivity index (χ4v) is 1.50. The molecule has 1 aromatic rings. The topological polar surface area (TPSA) is 52.9 Å². The van der Waals surface area contributed by atoms with Gasteiger partial charge in [-0.1, -0.05) is 12.1 Å². The lowest BCUT2D eigenvalue weighted by Crippen LogP contribution is -2.26. The number of halogens is 1. The predicted molar refractivity (Wildman–Crippen MR) is 63.1 cm³/mol. The summed E-state index contributed by atoms with van der Waals surface area (Å²) in [6.45, 7) is 1.90. The molecule has 0 fully saturated rings. The van der Waals surface area contributed by atoms with Crippen LogP contribution in [0.1, 0.15) is 30.5 Å². The van der Waals surface area contributed by atoms with Crippen LogP contribution in [0.5, 0.6) is 0 Å². The highest BCUT2D eigenvalue weighted by atomic mass is 35.5. The SMILES string of the molecule is CC(NC(=O)CCCl)c1ccc(C#N)cc1. The van der Waals surface area contributed by atoms with Crippen molar-refractivity contribution in [1.29, 1.82) is 5.26 Å². The number of nitrogens with one attached hydrogen (secondary N) is 1. The fourth-order valence-electron chi connectivity index (χ4n) is 1.33. The monoisotopic (exact) mass is 236 g/mol. The van der Waals surface area contributed by atoms with Crippen molar-refractivity contribution < 1.29 is 4.79 Å². The van der Waals surface area contributed by atoms with E-state index in [9.17, 15) is 4.79 Å². The van der Waals surface area contributed by atoms with E-state index in [0.717, 1.165) is 5.56 Å². The first kappa shape index (κ1) is 12.5. The third kappa shape index (κ3) is 3.56. The molecule has 0 spiro atoms. The van der Waals surface area contributed by atoms with Crippen molar-refractivity contribution in [3.8, 4) is 6.07 Å². The lowest BCUT2D eigenvalue weighted by atomic mass is 10.1. The van der Waals surface area contributed by atoms with Crippen molar-refractivity contribution >= 4 is 17.5 Å². The number of hydrogen-bond donors (Lipinski definition) is 1. The molecule has 1 unspecified atom stereocenters. The van der Waals surface area contributed by atoms with Gasteiger partial charge in [-0.05, 0) is 24.6 Å². The summed E-state index contributed by atoms with van der Waals surface area (Å²) >= 11 is 5.47. The number of carbonyl (C=O) groups excluding carboxylic acids is 1. The Kier molecular flexibility index (Phi) is 4.81. The van der Waals surface area contributed by atoms with Crippen LogP contribution in [0, 0.1) is 11.3 Å². The quantitative estimate of drug-likeness (QED) is 0.816. The van der Waals surface area contributed by atoms with E-state index < -0.39 is 0 Å². The first-order chi connectivity index (χ1) is 7.67. The highest BCUT2D eigenvalue weighted by Crippen LogP contribution is 2.13.